The van der Waals surface area contributed by atoms with E-state index in [0.717, 1.165) is 30.6 Å². The minimum absolute atomic E-state index is 0.355. The van der Waals surface area contributed by atoms with Crippen LogP contribution in [0.4, 0.5) is 5.69 Å². The summed E-state index contributed by atoms with van der Waals surface area (Å²) in [5.41, 5.74) is 7.37. The zero-order valence-corrected chi connectivity index (χ0v) is 15.2. The fourth-order valence-electron chi connectivity index (χ4n) is 2.76. The zero-order chi connectivity index (χ0) is 17.5. The molecular weight excluding hydrogens is 290 g/mol. The molecule has 0 aromatic heterocycles. The van der Waals surface area contributed by atoms with Crippen LogP contribution in [0.5, 0.6) is 0 Å². The third-order valence-electron chi connectivity index (χ3n) is 4.43. The van der Waals surface area contributed by atoms with Crippen molar-refractivity contribution in [3.8, 4) is 0 Å². The predicted molar refractivity (Wildman–Crippen MR) is 106 cm³/mol. The van der Waals surface area contributed by atoms with Gasteiger partial charge in [-0.25, -0.2) is 0 Å². The molecule has 0 saturated carbocycles. The lowest BCUT2D eigenvalue weighted by Crippen LogP contribution is -2.09. The molecule has 0 amide bonds. The highest BCUT2D eigenvalue weighted by molar-refractivity contribution is 5.49. The van der Waals surface area contributed by atoms with Gasteiger partial charge in [-0.15, -0.1) is 0 Å². The molecule has 0 bridgehead atoms. The van der Waals surface area contributed by atoms with Gasteiger partial charge in [0.2, 0.25) is 0 Å². The third kappa shape index (κ3) is 5.42. The standard InChI is InChI=1S/C23H29N/c1-6-21-9-11-22(12-10-21)16-18(3)15-19(4)20(5)24-23-13-7-17(2)8-14-23/h7-14,19,24H,3,5-6,15-16H2,1-2,4H3. The summed E-state index contributed by atoms with van der Waals surface area (Å²) in [6.45, 7) is 14.9. The number of benzene rings is 2. The van der Waals surface area contributed by atoms with Gasteiger partial charge in [0.25, 0.3) is 0 Å². The topological polar surface area (TPSA) is 12.0 Å². The molecule has 0 aliphatic carbocycles. The Balaban J connectivity index is 1.85. The van der Waals surface area contributed by atoms with Gasteiger partial charge in [0, 0.05) is 11.4 Å². The van der Waals surface area contributed by atoms with Crippen molar-refractivity contribution in [1.29, 1.82) is 0 Å². The van der Waals surface area contributed by atoms with Crippen LogP contribution in [0.15, 0.2) is 73.0 Å². The summed E-state index contributed by atoms with van der Waals surface area (Å²) in [5.74, 6) is 0.355. The van der Waals surface area contributed by atoms with Crippen molar-refractivity contribution in [3.05, 3.63) is 89.6 Å². The van der Waals surface area contributed by atoms with E-state index < -0.39 is 0 Å². The molecule has 0 aliphatic rings. The number of rotatable bonds is 8. The zero-order valence-electron chi connectivity index (χ0n) is 15.2. The molecule has 24 heavy (non-hydrogen) atoms. The number of allylic oxidation sites excluding steroid dienone is 2. The Hall–Kier alpha value is -2.28. The van der Waals surface area contributed by atoms with Crippen LogP contribution in [0.1, 0.15) is 37.0 Å². The number of hydrogen-bond donors (Lipinski definition) is 1. The van der Waals surface area contributed by atoms with Gasteiger partial charge >= 0.3 is 0 Å². The second kappa shape index (κ2) is 8.54. The SMILES string of the molecule is C=C(Cc1ccc(CC)cc1)CC(C)C(=C)Nc1ccc(C)cc1. The van der Waals surface area contributed by atoms with Crippen molar-refractivity contribution in [2.45, 2.75) is 40.0 Å². The third-order valence-corrected chi connectivity index (χ3v) is 4.43. The highest BCUT2D eigenvalue weighted by Crippen LogP contribution is 2.22. The smallest absolute Gasteiger partial charge is 0.0381 e. The second-order valence-corrected chi connectivity index (χ2v) is 6.72. The number of hydrogen-bond acceptors (Lipinski definition) is 1. The van der Waals surface area contributed by atoms with Crippen LogP contribution in [-0.2, 0) is 12.8 Å². The summed E-state index contributed by atoms with van der Waals surface area (Å²) in [6.07, 6.45) is 2.97. The van der Waals surface area contributed by atoms with Crippen LogP contribution in [-0.4, -0.2) is 0 Å². The molecule has 2 rings (SSSR count). The summed E-state index contributed by atoms with van der Waals surface area (Å²) < 4.78 is 0. The summed E-state index contributed by atoms with van der Waals surface area (Å²) in [7, 11) is 0. The highest BCUT2D eigenvalue weighted by Gasteiger charge is 2.09. The van der Waals surface area contributed by atoms with E-state index >= 15 is 0 Å². The van der Waals surface area contributed by atoms with E-state index in [4.69, 9.17) is 0 Å². The molecule has 1 N–H and O–H groups in total. The maximum Gasteiger partial charge on any atom is 0.0381 e. The molecule has 2 aromatic rings. The lowest BCUT2D eigenvalue weighted by atomic mass is 9.94. The van der Waals surface area contributed by atoms with Crippen LogP contribution < -0.4 is 5.32 Å². The average molecular weight is 319 g/mol. The van der Waals surface area contributed by atoms with E-state index in [1.165, 1.54) is 22.3 Å². The van der Waals surface area contributed by atoms with Gasteiger partial charge in [-0.3, -0.25) is 0 Å². The number of nitrogens with one attached hydrogen (secondary N) is 1. The average Bonchev–Trinajstić information content (AvgIpc) is 2.57. The molecule has 0 saturated heterocycles. The minimum atomic E-state index is 0.355. The van der Waals surface area contributed by atoms with E-state index in [-0.39, 0.29) is 0 Å². The fourth-order valence-corrected chi connectivity index (χ4v) is 2.76. The van der Waals surface area contributed by atoms with Gasteiger partial charge in [0.05, 0.1) is 0 Å². The summed E-state index contributed by atoms with van der Waals surface area (Å²) in [6, 6.07) is 17.3. The summed E-state index contributed by atoms with van der Waals surface area (Å²) in [5, 5.41) is 3.42. The highest BCUT2D eigenvalue weighted by atomic mass is 14.9. The number of anilines is 1. The van der Waals surface area contributed by atoms with Crippen LogP contribution in [0, 0.1) is 12.8 Å². The first-order chi connectivity index (χ1) is 11.5. The molecule has 1 atom stereocenters. The maximum atomic E-state index is 4.26. The second-order valence-electron chi connectivity index (χ2n) is 6.72. The van der Waals surface area contributed by atoms with Crippen molar-refractivity contribution >= 4 is 5.69 Å². The quantitative estimate of drug-likeness (QED) is 0.562. The molecule has 126 valence electrons. The van der Waals surface area contributed by atoms with Crippen molar-refractivity contribution < 1.29 is 0 Å². The molecule has 0 radical (unpaired) electrons. The molecule has 1 nitrogen and oxygen atoms in total. The predicted octanol–water partition coefficient (Wildman–Crippen LogP) is 6.31. The van der Waals surface area contributed by atoms with Gasteiger partial charge in [-0.05, 0) is 55.4 Å². The Kier molecular flexibility index (Phi) is 6.43. The van der Waals surface area contributed by atoms with E-state index in [9.17, 15) is 0 Å². The van der Waals surface area contributed by atoms with E-state index in [2.05, 4.69) is 87.8 Å². The van der Waals surface area contributed by atoms with Gasteiger partial charge in [-0.2, -0.15) is 0 Å². The molecule has 0 aliphatic heterocycles. The Bertz CT molecular complexity index is 677. The molecular formula is C23H29N. The van der Waals surface area contributed by atoms with Crippen molar-refractivity contribution in [1.82, 2.24) is 0 Å². The lowest BCUT2D eigenvalue weighted by molar-refractivity contribution is 0.669. The lowest BCUT2D eigenvalue weighted by Gasteiger charge is -2.18. The first-order valence-electron chi connectivity index (χ1n) is 8.75. The molecule has 0 spiro atoms. The Labute approximate surface area is 147 Å². The van der Waals surface area contributed by atoms with Gasteiger partial charge < -0.3 is 5.32 Å². The summed E-state index contributed by atoms with van der Waals surface area (Å²) in [4.78, 5) is 0. The van der Waals surface area contributed by atoms with Crippen molar-refractivity contribution in [3.63, 3.8) is 0 Å². The van der Waals surface area contributed by atoms with E-state index in [0.29, 0.717) is 5.92 Å². The normalized spacial score (nSPS) is 11.8. The fraction of sp³-hybridized carbons (Fsp3) is 0.304. The summed E-state index contributed by atoms with van der Waals surface area (Å²) >= 11 is 0. The Morgan fingerprint density at radius 3 is 2.12 bits per heavy atom. The van der Waals surface area contributed by atoms with Crippen LogP contribution in [0.3, 0.4) is 0 Å². The Morgan fingerprint density at radius 2 is 1.54 bits per heavy atom. The van der Waals surface area contributed by atoms with E-state index in [1.54, 1.807) is 0 Å². The van der Waals surface area contributed by atoms with Crippen LogP contribution in [0.25, 0.3) is 0 Å². The maximum absolute atomic E-state index is 4.26. The van der Waals surface area contributed by atoms with Gasteiger partial charge in [-0.1, -0.05) is 74.5 Å². The van der Waals surface area contributed by atoms with E-state index in [1.807, 2.05) is 0 Å². The molecule has 1 unspecified atom stereocenters. The van der Waals surface area contributed by atoms with Gasteiger partial charge in [0.1, 0.15) is 0 Å². The van der Waals surface area contributed by atoms with Crippen LogP contribution in [0.2, 0.25) is 0 Å². The monoisotopic (exact) mass is 319 g/mol. The van der Waals surface area contributed by atoms with Crippen molar-refractivity contribution in [2.24, 2.45) is 5.92 Å². The molecule has 0 fully saturated rings. The van der Waals surface area contributed by atoms with Crippen LogP contribution >= 0.6 is 0 Å². The first kappa shape index (κ1) is 18.1. The Morgan fingerprint density at radius 1 is 0.958 bits per heavy atom. The largest absolute Gasteiger partial charge is 0.359 e. The minimum Gasteiger partial charge on any atom is -0.359 e. The molecule has 0 heterocycles. The molecule has 2 aromatic carbocycles. The molecule has 1 heteroatoms. The van der Waals surface area contributed by atoms with Gasteiger partial charge in [0.15, 0.2) is 0 Å². The first-order valence-corrected chi connectivity index (χ1v) is 8.75. The number of aryl methyl sites for hydroxylation is 2. The van der Waals surface area contributed by atoms with Crippen molar-refractivity contribution in [2.75, 3.05) is 5.32 Å².